The van der Waals surface area contributed by atoms with Gasteiger partial charge in [-0.2, -0.15) is 0 Å². The van der Waals surface area contributed by atoms with Gasteiger partial charge >= 0.3 is 0 Å². The van der Waals surface area contributed by atoms with E-state index >= 15 is 0 Å². The molecule has 3 unspecified atom stereocenters. The van der Waals surface area contributed by atoms with Crippen molar-refractivity contribution in [3.8, 4) is 5.75 Å². The van der Waals surface area contributed by atoms with Crippen molar-refractivity contribution in [1.29, 1.82) is 0 Å². The predicted octanol–water partition coefficient (Wildman–Crippen LogP) is 4.68. The highest BCUT2D eigenvalue weighted by atomic mass is 16.6. The maximum atomic E-state index is 5.75. The van der Waals surface area contributed by atoms with E-state index in [-0.39, 0.29) is 0 Å². The molecule has 0 radical (unpaired) electrons. The summed E-state index contributed by atoms with van der Waals surface area (Å²) in [7, 11) is 0. The summed E-state index contributed by atoms with van der Waals surface area (Å²) in [6.45, 7) is 13.8. The Balaban J connectivity index is 2.31. The highest BCUT2D eigenvalue weighted by Crippen LogP contribution is 2.39. The molecule has 1 fully saturated rings. The third-order valence-electron chi connectivity index (χ3n) is 4.66. The molecule has 1 aliphatic heterocycles. The van der Waals surface area contributed by atoms with E-state index in [1.807, 2.05) is 6.92 Å². The van der Waals surface area contributed by atoms with E-state index in [9.17, 15) is 0 Å². The first-order valence-electron chi connectivity index (χ1n) is 7.88. The van der Waals surface area contributed by atoms with Crippen LogP contribution >= 0.6 is 0 Å². The fourth-order valence-corrected chi connectivity index (χ4v) is 3.25. The van der Waals surface area contributed by atoms with Gasteiger partial charge in [-0.05, 0) is 81.7 Å². The number of ether oxygens (including phenoxy) is 2. The van der Waals surface area contributed by atoms with Crippen molar-refractivity contribution < 1.29 is 9.47 Å². The number of epoxide rings is 1. The molecule has 1 saturated heterocycles. The number of rotatable bonds is 6. The Morgan fingerprint density at radius 2 is 1.85 bits per heavy atom. The molecule has 112 valence electrons. The van der Waals surface area contributed by atoms with E-state index in [4.69, 9.17) is 9.47 Å². The van der Waals surface area contributed by atoms with Crippen LogP contribution in [0.2, 0.25) is 0 Å². The largest absolute Gasteiger partial charge is 0.494 e. The second-order valence-electron chi connectivity index (χ2n) is 6.01. The molecule has 0 aromatic heterocycles. The van der Waals surface area contributed by atoms with Crippen molar-refractivity contribution in [2.75, 3.05) is 6.61 Å². The van der Waals surface area contributed by atoms with Crippen LogP contribution in [-0.4, -0.2) is 18.8 Å². The van der Waals surface area contributed by atoms with Gasteiger partial charge in [0.05, 0.1) is 18.8 Å². The van der Waals surface area contributed by atoms with E-state index in [0.29, 0.717) is 18.1 Å². The zero-order valence-electron chi connectivity index (χ0n) is 13.7. The second kappa shape index (κ2) is 6.17. The molecule has 20 heavy (non-hydrogen) atoms. The fraction of sp³-hybridized carbons (Fsp3) is 0.667. The topological polar surface area (TPSA) is 21.8 Å². The summed E-state index contributed by atoms with van der Waals surface area (Å²) in [4.78, 5) is 0. The van der Waals surface area contributed by atoms with Crippen molar-refractivity contribution in [3.63, 3.8) is 0 Å². The van der Waals surface area contributed by atoms with E-state index in [2.05, 4.69) is 40.7 Å². The molecule has 2 heteroatoms. The van der Waals surface area contributed by atoms with Crippen LogP contribution in [0, 0.1) is 20.8 Å². The van der Waals surface area contributed by atoms with Gasteiger partial charge in [0, 0.05) is 0 Å². The van der Waals surface area contributed by atoms with E-state index in [1.165, 1.54) is 28.7 Å². The molecule has 1 heterocycles. The maximum absolute atomic E-state index is 5.75. The van der Waals surface area contributed by atoms with Crippen molar-refractivity contribution >= 4 is 0 Å². The summed E-state index contributed by atoms with van der Waals surface area (Å²) in [5, 5.41) is 0. The van der Waals surface area contributed by atoms with Gasteiger partial charge < -0.3 is 9.47 Å². The molecular weight excluding hydrogens is 248 g/mol. The van der Waals surface area contributed by atoms with Gasteiger partial charge in [0.1, 0.15) is 5.75 Å². The number of hydrogen-bond acceptors (Lipinski definition) is 2. The summed E-state index contributed by atoms with van der Waals surface area (Å²) >= 11 is 0. The third-order valence-corrected chi connectivity index (χ3v) is 4.66. The highest BCUT2D eigenvalue weighted by Gasteiger charge is 2.36. The molecule has 0 N–H and O–H groups in total. The molecule has 0 saturated carbocycles. The van der Waals surface area contributed by atoms with Crippen LogP contribution in [0.5, 0.6) is 5.75 Å². The van der Waals surface area contributed by atoms with Crippen LogP contribution < -0.4 is 4.74 Å². The van der Waals surface area contributed by atoms with Crippen LogP contribution in [0.15, 0.2) is 6.07 Å². The van der Waals surface area contributed by atoms with Gasteiger partial charge in [-0.3, -0.25) is 0 Å². The number of benzene rings is 1. The van der Waals surface area contributed by atoms with Gasteiger partial charge in [0.15, 0.2) is 0 Å². The van der Waals surface area contributed by atoms with Crippen LogP contribution in [0.25, 0.3) is 0 Å². The highest BCUT2D eigenvalue weighted by molar-refractivity contribution is 5.49. The van der Waals surface area contributed by atoms with Crippen LogP contribution in [0.1, 0.15) is 61.8 Å². The Bertz CT molecular complexity index is 479. The second-order valence-corrected chi connectivity index (χ2v) is 6.01. The minimum atomic E-state index is 0.452. The standard InChI is InChI=1S/C18H28O2/c1-7-15(10-17-14(6)20-17)18-11(3)9-16(19-8-2)12(4)13(18)5/h9,14-15,17H,7-8,10H2,1-6H3. The molecule has 1 aromatic rings. The molecule has 0 amide bonds. The van der Waals surface area contributed by atoms with Crippen molar-refractivity contribution in [1.82, 2.24) is 0 Å². The SMILES string of the molecule is CCOc1cc(C)c(C(CC)CC2OC2C)c(C)c1C. The first-order valence-corrected chi connectivity index (χ1v) is 7.88. The van der Waals surface area contributed by atoms with Crippen molar-refractivity contribution in [3.05, 3.63) is 28.3 Å². The normalized spacial score (nSPS) is 22.7. The lowest BCUT2D eigenvalue weighted by atomic mass is 9.83. The smallest absolute Gasteiger partial charge is 0.122 e. The summed E-state index contributed by atoms with van der Waals surface area (Å²) in [6.07, 6.45) is 3.23. The molecule has 0 aliphatic carbocycles. The average Bonchev–Trinajstić information content (AvgIpc) is 3.10. The molecule has 0 spiro atoms. The average molecular weight is 276 g/mol. The Morgan fingerprint density at radius 3 is 2.35 bits per heavy atom. The third kappa shape index (κ3) is 3.01. The Labute approximate surface area is 123 Å². The van der Waals surface area contributed by atoms with Crippen molar-refractivity contribution in [2.45, 2.75) is 72.5 Å². The fourth-order valence-electron chi connectivity index (χ4n) is 3.25. The molecule has 3 atom stereocenters. The van der Waals surface area contributed by atoms with Crippen molar-refractivity contribution in [2.24, 2.45) is 0 Å². The zero-order valence-corrected chi connectivity index (χ0v) is 13.7. The quantitative estimate of drug-likeness (QED) is 0.704. The zero-order chi connectivity index (χ0) is 14.9. The lowest BCUT2D eigenvalue weighted by Crippen LogP contribution is -2.09. The molecular formula is C18H28O2. The predicted molar refractivity (Wildman–Crippen MR) is 83.8 cm³/mol. The molecule has 2 rings (SSSR count). The Hall–Kier alpha value is -1.02. The minimum absolute atomic E-state index is 0.452. The maximum Gasteiger partial charge on any atom is 0.122 e. The van der Waals surface area contributed by atoms with Gasteiger partial charge in [-0.1, -0.05) is 6.92 Å². The lowest BCUT2D eigenvalue weighted by molar-refractivity contribution is 0.336. The Kier molecular flexibility index (Phi) is 4.74. The van der Waals surface area contributed by atoms with E-state index < -0.39 is 0 Å². The van der Waals surface area contributed by atoms with Crippen LogP contribution in [0.4, 0.5) is 0 Å². The summed E-state index contributed by atoms with van der Waals surface area (Å²) in [5.74, 6) is 1.64. The van der Waals surface area contributed by atoms with E-state index in [0.717, 1.165) is 18.8 Å². The van der Waals surface area contributed by atoms with Gasteiger partial charge in [0.25, 0.3) is 0 Å². The lowest BCUT2D eigenvalue weighted by Gasteiger charge is -2.23. The molecule has 2 nitrogen and oxygen atoms in total. The molecule has 1 aromatic carbocycles. The van der Waals surface area contributed by atoms with Crippen LogP contribution in [0.3, 0.4) is 0 Å². The monoisotopic (exact) mass is 276 g/mol. The van der Waals surface area contributed by atoms with Gasteiger partial charge in [-0.15, -0.1) is 0 Å². The number of aryl methyl sites for hydroxylation is 1. The summed E-state index contributed by atoms with van der Waals surface area (Å²) < 4.78 is 11.4. The van der Waals surface area contributed by atoms with Gasteiger partial charge in [0.2, 0.25) is 0 Å². The van der Waals surface area contributed by atoms with Crippen LogP contribution in [-0.2, 0) is 4.74 Å². The molecule has 0 bridgehead atoms. The minimum Gasteiger partial charge on any atom is -0.494 e. The van der Waals surface area contributed by atoms with E-state index in [1.54, 1.807) is 0 Å². The first kappa shape index (κ1) is 15.4. The summed E-state index contributed by atoms with van der Waals surface area (Å²) in [6, 6.07) is 2.21. The number of hydrogen-bond donors (Lipinski definition) is 0. The Morgan fingerprint density at radius 1 is 1.20 bits per heavy atom. The first-order chi connectivity index (χ1) is 9.49. The summed E-state index contributed by atoms with van der Waals surface area (Å²) in [5.41, 5.74) is 5.55. The van der Waals surface area contributed by atoms with Gasteiger partial charge in [-0.25, -0.2) is 0 Å². The molecule has 1 aliphatic rings.